The predicted octanol–water partition coefficient (Wildman–Crippen LogP) is 2.20. The van der Waals surface area contributed by atoms with Crippen LogP contribution in [0.5, 0.6) is 5.75 Å². The number of nitrogens with one attached hydrogen (secondary N) is 1. The molecule has 0 heterocycles. The van der Waals surface area contributed by atoms with Gasteiger partial charge in [-0.1, -0.05) is 12.1 Å². The van der Waals surface area contributed by atoms with Gasteiger partial charge in [-0.05, 0) is 31.0 Å². The van der Waals surface area contributed by atoms with Gasteiger partial charge in [-0.2, -0.15) is 8.78 Å². The lowest BCUT2D eigenvalue weighted by atomic mass is 10.1. The summed E-state index contributed by atoms with van der Waals surface area (Å²) in [7, 11) is 0. The van der Waals surface area contributed by atoms with Crippen LogP contribution in [0, 0.1) is 0 Å². The molecule has 0 radical (unpaired) electrons. The molecule has 1 aromatic rings. The number of rotatable bonds is 8. The molecule has 0 aliphatic heterocycles. The highest BCUT2D eigenvalue weighted by Crippen LogP contribution is 2.15. The molecule has 0 fully saturated rings. The summed E-state index contributed by atoms with van der Waals surface area (Å²) in [5.41, 5.74) is 0.803. The van der Waals surface area contributed by atoms with Gasteiger partial charge in [0, 0.05) is 12.5 Å². The number of carbonyl (C=O) groups excluding carboxylic acids is 1. The highest BCUT2D eigenvalue weighted by atomic mass is 19.3. The van der Waals surface area contributed by atoms with Crippen LogP contribution < -0.4 is 10.1 Å². The average Bonchev–Trinajstić information content (AvgIpc) is 2.36. The van der Waals surface area contributed by atoms with Crippen LogP contribution in [-0.2, 0) is 16.0 Å². The van der Waals surface area contributed by atoms with Gasteiger partial charge < -0.3 is 15.2 Å². The van der Waals surface area contributed by atoms with Gasteiger partial charge in [0.15, 0.2) is 0 Å². The maximum absolute atomic E-state index is 12.0. The molecule has 7 heteroatoms. The molecule has 5 nitrogen and oxygen atoms in total. The molecule has 21 heavy (non-hydrogen) atoms. The first-order valence-corrected chi connectivity index (χ1v) is 6.41. The van der Waals surface area contributed by atoms with Crippen molar-refractivity contribution in [3.8, 4) is 5.75 Å². The van der Waals surface area contributed by atoms with Gasteiger partial charge in [-0.25, -0.2) is 0 Å². The number of ether oxygens (including phenoxy) is 1. The largest absolute Gasteiger partial charge is 0.481 e. The molecule has 0 bridgehead atoms. The highest BCUT2D eigenvalue weighted by Gasteiger charge is 2.11. The second kappa shape index (κ2) is 8.18. The summed E-state index contributed by atoms with van der Waals surface area (Å²) in [5.74, 6) is -1.16. The third kappa shape index (κ3) is 7.24. The molecular weight excluding hydrogens is 284 g/mol. The molecule has 0 aliphatic carbocycles. The minimum Gasteiger partial charge on any atom is -0.481 e. The van der Waals surface area contributed by atoms with Crippen LogP contribution in [0.15, 0.2) is 24.3 Å². The number of halogens is 2. The molecule has 1 unspecified atom stereocenters. The van der Waals surface area contributed by atoms with Crippen molar-refractivity contribution in [3.05, 3.63) is 29.8 Å². The van der Waals surface area contributed by atoms with E-state index in [-0.39, 0.29) is 24.5 Å². The molecule has 2 N–H and O–H groups in total. The average molecular weight is 301 g/mol. The number of amides is 1. The van der Waals surface area contributed by atoms with E-state index in [4.69, 9.17) is 5.11 Å². The lowest BCUT2D eigenvalue weighted by Crippen LogP contribution is -2.34. The number of carboxylic acids is 1. The van der Waals surface area contributed by atoms with Gasteiger partial charge >= 0.3 is 12.6 Å². The molecular formula is C14H17F2NO4. The summed E-state index contributed by atoms with van der Waals surface area (Å²) in [5, 5.41) is 11.2. The number of aryl methyl sites for hydroxylation is 1. The highest BCUT2D eigenvalue weighted by molar-refractivity contribution is 5.77. The molecule has 1 aromatic carbocycles. The zero-order chi connectivity index (χ0) is 15.8. The fourth-order valence-electron chi connectivity index (χ4n) is 1.76. The van der Waals surface area contributed by atoms with Gasteiger partial charge in [0.2, 0.25) is 5.91 Å². The van der Waals surface area contributed by atoms with E-state index in [1.807, 2.05) is 0 Å². The first-order chi connectivity index (χ1) is 9.86. The van der Waals surface area contributed by atoms with Crippen molar-refractivity contribution in [3.63, 3.8) is 0 Å². The predicted molar refractivity (Wildman–Crippen MR) is 71.3 cm³/mol. The Kier molecular flexibility index (Phi) is 6.58. The Morgan fingerprint density at radius 1 is 1.29 bits per heavy atom. The van der Waals surface area contributed by atoms with Gasteiger partial charge in [0.25, 0.3) is 0 Å². The molecule has 0 saturated heterocycles. The van der Waals surface area contributed by atoms with Crippen molar-refractivity contribution < 1.29 is 28.2 Å². The van der Waals surface area contributed by atoms with Crippen LogP contribution in [0.25, 0.3) is 0 Å². The summed E-state index contributed by atoms with van der Waals surface area (Å²) in [6.07, 6.45) is 0.491. The van der Waals surface area contributed by atoms with E-state index < -0.39 is 18.6 Å². The Bertz CT molecular complexity index is 476. The quantitative estimate of drug-likeness (QED) is 0.772. The second-order valence-electron chi connectivity index (χ2n) is 4.59. The standard InChI is InChI=1S/C14H17F2NO4/c1-9(8-13(19)20)17-12(18)7-4-10-2-5-11(6-3-10)21-14(15)16/h2-3,5-6,9,14H,4,7-8H2,1H3,(H,17,18)(H,19,20). The number of carboxylic acid groups (broad SMARTS) is 1. The summed E-state index contributed by atoms with van der Waals surface area (Å²) >= 11 is 0. The van der Waals surface area contributed by atoms with Gasteiger partial charge in [0.1, 0.15) is 5.75 Å². The van der Waals surface area contributed by atoms with E-state index in [2.05, 4.69) is 10.1 Å². The Hall–Kier alpha value is -2.18. The van der Waals surface area contributed by atoms with E-state index in [0.29, 0.717) is 6.42 Å². The summed E-state index contributed by atoms with van der Waals surface area (Å²) < 4.78 is 28.2. The molecule has 0 aliphatic rings. The van der Waals surface area contributed by atoms with Crippen molar-refractivity contribution in [2.45, 2.75) is 38.8 Å². The van der Waals surface area contributed by atoms with Crippen molar-refractivity contribution in [1.82, 2.24) is 5.32 Å². The number of benzene rings is 1. The number of aliphatic carboxylic acids is 1. The fraction of sp³-hybridized carbons (Fsp3) is 0.429. The van der Waals surface area contributed by atoms with Gasteiger partial charge in [-0.15, -0.1) is 0 Å². The maximum atomic E-state index is 12.0. The molecule has 0 spiro atoms. The first-order valence-electron chi connectivity index (χ1n) is 6.41. The first kappa shape index (κ1) is 16.9. The van der Waals surface area contributed by atoms with Gasteiger partial charge in [-0.3, -0.25) is 9.59 Å². The van der Waals surface area contributed by atoms with Crippen LogP contribution in [0.3, 0.4) is 0 Å². The second-order valence-corrected chi connectivity index (χ2v) is 4.59. The van der Waals surface area contributed by atoms with E-state index in [9.17, 15) is 18.4 Å². The normalized spacial score (nSPS) is 12.0. The monoisotopic (exact) mass is 301 g/mol. The number of alkyl halides is 2. The third-order valence-electron chi connectivity index (χ3n) is 2.68. The Morgan fingerprint density at radius 2 is 1.90 bits per heavy atom. The SMILES string of the molecule is CC(CC(=O)O)NC(=O)CCc1ccc(OC(F)F)cc1. The van der Waals surface area contributed by atoms with Crippen molar-refractivity contribution in [2.75, 3.05) is 0 Å². The summed E-state index contributed by atoms with van der Waals surface area (Å²) in [6.45, 7) is -1.25. The lowest BCUT2D eigenvalue weighted by molar-refractivity contribution is -0.137. The number of hydrogen-bond acceptors (Lipinski definition) is 3. The Labute approximate surface area is 120 Å². The molecule has 116 valence electrons. The van der Waals surface area contributed by atoms with Crippen LogP contribution in [0.4, 0.5) is 8.78 Å². The zero-order valence-corrected chi connectivity index (χ0v) is 11.5. The molecule has 1 atom stereocenters. The van der Waals surface area contributed by atoms with Crippen molar-refractivity contribution in [1.29, 1.82) is 0 Å². The fourth-order valence-corrected chi connectivity index (χ4v) is 1.76. The molecule has 1 rings (SSSR count). The maximum Gasteiger partial charge on any atom is 0.387 e. The summed E-state index contributed by atoms with van der Waals surface area (Å²) in [4.78, 5) is 22.1. The molecule has 1 amide bonds. The Balaban J connectivity index is 2.37. The number of hydrogen-bond donors (Lipinski definition) is 2. The summed E-state index contributed by atoms with van der Waals surface area (Å²) in [6, 6.07) is 5.59. The van der Waals surface area contributed by atoms with Crippen LogP contribution in [-0.4, -0.2) is 29.6 Å². The van der Waals surface area contributed by atoms with Gasteiger partial charge in [0.05, 0.1) is 6.42 Å². The Morgan fingerprint density at radius 3 is 2.43 bits per heavy atom. The van der Waals surface area contributed by atoms with E-state index in [1.54, 1.807) is 19.1 Å². The smallest absolute Gasteiger partial charge is 0.387 e. The van der Waals surface area contributed by atoms with Crippen LogP contribution in [0.1, 0.15) is 25.3 Å². The van der Waals surface area contributed by atoms with Crippen LogP contribution >= 0.6 is 0 Å². The minimum absolute atomic E-state index is 0.0632. The van der Waals surface area contributed by atoms with E-state index in [1.165, 1.54) is 12.1 Å². The topological polar surface area (TPSA) is 75.6 Å². The van der Waals surface area contributed by atoms with Crippen LogP contribution in [0.2, 0.25) is 0 Å². The third-order valence-corrected chi connectivity index (χ3v) is 2.68. The van der Waals surface area contributed by atoms with E-state index in [0.717, 1.165) is 5.56 Å². The van der Waals surface area contributed by atoms with E-state index >= 15 is 0 Å². The minimum atomic E-state index is -2.86. The molecule has 0 aromatic heterocycles. The number of carbonyl (C=O) groups is 2. The zero-order valence-electron chi connectivity index (χ0n) is 11.5. The van der Waals surface area contributed by atoms with Crippen molar-refractivity contribution in [2.24, 2.45) is 0 Å². The lowest BCUT2D eigenvalue weighted by Gasteiger charge is -2.11. The molecule has 0 saturated carbocycles. The van der Waals surface area contributed by atoms with Crippen molar-refractivity contribution >= 4 is 11.9 Å².